The Balaban J connectivity index is 0.960. The Morgan fingerprint density at radius 3 is 1.04 bits per heavy atom. The van der Waals surface area contributed by atoms with E-state index in [2.05, 4.69) is 140 Å². The molecule has 4 aromatic carbocycles. The first-order valence-corrected chi connectivity index (χ1v) is 16.2. The van der Waals surface area contributed by atoms with Crippen molar-refractivity contribution >= 4 is 32.7 Å². The van der Waals surface area contributed by atoms with Gasteiger partial charge in [-0.05, 0) is 90.5 Å². The first-order valence-electron chi connectivity index (χ1n) is 16.2. The summed E-state index contributed by atoms with van der Waals surface area (Å²) < 4.78 is 0. The van der Waals surface area contributed by atoms with Crippen molar-refractivity contribution in [3.63, 3.8) is 0 Å². The highest BCUT2D eigenvalue weighted by Gasteiger charge is 2.07. The number of para-hydroxylation sites is 3. The summed E-state index contributed by atoms with van der Waals surface area (Å²) in [5.41, 5.74) is 11.7. The maximum Gasteiger partial charge on any atom is 0.0456 e. The number of aromatic amines is 3. The molecule has 7 aromatic rings. The summed E-state index contributed by atoms with van der Waals surface area (Å²) in [4.78, 5) is 10.2. The van der Waals surface area contributed by atoms with Crippen LogP contribution in [0.2, 0.25) is 0 Å². The molecule has 3 aromatic heterocycles. The van der Waals surface area contributed by atoms with Gasteiger partial charge in [0.15, 0.2) is 0 Å². The van der Waals surface area contributed by atoms with Gasteiger partial charge in [-0.25, -0.2) is 0 Å². The molecule has 0 atom stereocenters. The third-order valence-corrected chi connectivity index (χ3v) is 8.84. The SMILES string of the molecule is c1ccc2c(CCNCc3cc(CNCCc4c[nH]c5ccccc45)cc(CNCCc4c[nH]c5ccccc45)c3)c[nH]c2c1. The van der Waals surface area contributed by atoms with E-state index in [1.165, 1.54) is 66.1 Å². The van der Waals surface area contributed by atoms with Crippen LogP contribution in [0.15, 0.2) is 110 Å². The van der Waals surface area contributed by atoms with Gasteiger partial charge in [0.2, 0.25) is 0 Å². The number of nitrogens with one attached hydrogen (secondary N) is 6. The van der Waals surface area contributed by atoms with Crippen LogP contribution in [0.3, 0.4) is 0 Å². The Morgan fingerprint density at radius 1 is 0.400 bits per heavy atom. The molecule has 0 saturated heterocycles. The number of rotatable bonds is 15. The number of hydrogen-bond donors (Lipinski definition) is 6. The quantitative estimate of drug-likeness (QED) is 0.0715. The Morgan fingerprint density at radius 2 is 0.711 bits per heavy atom. The molecule has 0 radical (unpaired) electrons. The van der Waals surface area contributed by atoms with Gasteiger partial charge in [0, 0.05) is 70.9 Å². The summed E-state index contributed by atoms with van der Waals surface area (Å²) in [6, 6.07) is 32.7. The van der Waals surface area contributed by atoms with Crippen LogP contribution in [-0.2, 0) is 38.9 Å². The molecular weight excluding hydrogens is 552 g/mol. The molecule has 0 unspecified atom stereocenters. The zero-order chi connectivity index (χ0) is 30.3. The largest absolute Gasteiger partial charge is 0.361 e. The normalized spacial score (nSPS) is 11.7. The van der Waals surface area contributed by atoms with Gasteiger partial charge >= 0.3 is 0 Å². The summed E-state index contributed by atoms with van der Waals surface area (Å²) in [5, 5.41) is 15.1. The van der Waals surface area contributed by atoms with Crippen molar-refractivity contribution in [2.75, 3.05) is 19.6 Å². The van der Waals surface area contributed by atoms with E-state index in [-0.39, 0.29) is 0 Å². The van der Waals surface area contributed by atoms with Crippen molar-refractivity contribution in [3.05, 3.63) is 143 Å². The lowest BCUT2D eigenvalue weighted by atomic mass is 10.0. The number of fused-ring (bicyclic) bond motifs is 3. The van der Waals surface area contributed by atoms with Crippen LogP contribution in [0.5, 0.6) is 0 Å². The van der Waals surface area contributed by atoms with Crippen molar-refractivity contribution < 1.29 is 0 Å². The van der Waals surface area contributed by atoms with Gasteiger partial charge < -0.3 is 30.9 Å². The fraction of sp³-hybridized carbons (Fsp3) is 0.231. The molecule has 6 nitrogen and oxygen atoms in total. The van der Waals surface area contributed by atoms with Crippen molar-refractivity contribution in [1.29, 1.82) is 0 Å². The molecule has 3 heterocycles. The van der Waals surface area contributed by atoms with Crippen LogP contribution >= 0.6 is 0 Å². The van der Waals surface area contributed by atoms with Gasteiger partial charge in [-0.15, -0.1) is 0 Å². The molecular formula is C39H42N6. The molecule has 7 rings (SSSR count). The summed E-state index contributed by atoms with van der Waals surface area (Å²) in [6.45, 7) is 5.38. The standard InChI is InChI=1S/C39H42N6/c1-4-10-37-34(7-1)31(25-43-37)13-16-40-22-28-19-29(23-41-17-14-32-26-44-38-11-5-2-8-35(32)38)21-30(20-28)24-42-18-15-33-27-45-39-12-6-3-9-36(33)39/h1-12,19-21,25-27,40-45H,13-18,22-24H2. The van der Waals surface area contributed by atoms with Gasteiger partial charge in [-0.2, -0.15) is 0 Å². The van der Waals surface area contributed by atoms with Crippen molar-refractivity contribution in [1.82, 2.24) is 30.9 Å². The minimum absolute atomic E-state index is 0.855. The Bertz CT molecular complexity index is 1750. The number of H-pyrrole nitrogens is 3. The summed E-state index contributed by atoms with van der Waals surface area (Å²) in [5.74, 6) is 0. The lowest BCUT2D eigenvalue weighted by Gasteiger charge is -2.13. The molecule has 0 amide bonds. The molecule has 0 spiro atoms. The van der Waals surface area contributed by atoms with Crippen LogP contribution < -0.4 is 16.0 Å². The van der Waals surface area contributed by atoms with Crippen LogP contribution in [0.4, 0.5) is 0 Å². The third kappa shape index (κ3) is 7.04. The Labute approximate surface area is 264 Å². The van der Waals surface area contributed by atoms with Crippen LogP contribution in [-0.4, -0.2) is 34.6 Å². The Hall–Kier alpha value is -4.62. The number of hydrogen-bond acceptors (Lipinski definition) is 3. The predicted octanol–water partition coefficient (Wildman–Crippen LogP) is 7.13. The minimum Gasteiger partial charge on any atom is -0.361 e. The second-order valence-corrected chi connectivity index (χ2v) is 12.0. The highest BCUT2D eigenvalue weighted by atomic mass is 14.9. The van der Waals surface area contributed by atoms with Crippen LogP contribution in [0.25, 0.3) is 32.7 Å². The minimum atomic E-state index is 0.855. The summed E-state index contributed by atoms with van der Waals surface area (Å²) in [6.07, 6.45) is 9.45. The van der Waals surface area contributed by atoms with Gasteiger partial charge in [-0.3, -0.25) is 0 Å². The second kappa shape index (κ2) is 14.0. The lowest BCUT2D eigenvalue weighted by molar-refractivity contribution is 0.666. The fourth-order valence-electron chi connectivity index (χ4n) is 6.53. The molecule has 45 heavy (non-hydrogen) atoms. The van der Waals surface area contributed by atoms with E-state index < -0.39 is 0 Å². The van der Waals surface area contributed by atoms with E-state index in [1.54, 1.807) is 0 Å². The monoisotopic (exact) mass is 594 g/mol. The third-order valence-electron chi connectivity index (χ3n) is 8.84. The molecule has 0 aliphatic heterocycles. The molecule has 0 bridgehead atoms. The first-order chi connectivity index (χ1) is 22.3. The van der Waals surface area contributed by atoms with E-state index >= 15 is 0 Å². The van der Waals surface area contributed by atoms with E-state index in [9.17, 15) is 0 Å². The van der Waals surface area contributed by atoms with Crippen molar-refractivity contribution in [2.45, 2.75) is 38.9 Å². The highest BCUT2D eigenvalue weighted by molar-refractivity contribution is 5.84. The van der Waals surface area contributed by atoms with Gasteiger partial charge in [0.1, 0.15) is 0 Å². The fourth-order valence-corrected chi connectivity index (χ4v) is 6.53. The van der Waals surface area contributed by atoms with E-state index in [0.717, 1.165) is 58.5 Å². The van der Waals surface area contributed by atoms with E-state index in [4.69, 9.17) is 0 Å². The predicted molar refractivity (Wildman–Crippen MR) is 188 cm³/mol. The summed E-state index contributed by atoms with van der Waals surface area (Å²) in [7, 11) is 0. The molecule has 228 valence electrons. The number of benzene rings is 4. The topological polar surface area (TPSA) is 83.5 Å². The van der Waals surface area contributed by atoms with Crippen LogP contribution in [0.1, 0.15) is 33.4 Å². The lowest BCUT2D eigenvalue weighted by Crippen LogP contribution is -2.20. The average molecular weight is 595 g/mol. The first kappa shape index (κ1) is 29.1. The molecule has 0 aliphatic rings. The smallest absolute Gasteiger partial charge is 0.0456 e. The highest BCUT2D eigenvalue weighted by Crippen LogP contribution is 2.20. The second-order valence-electron chi connectivity index (χ2n) is 12.0. The van der Waals surface area contributed by atoms with E-state index in [1.807, 2.05) is 0 Å². The maximum atomic E-state index is 3.70. The molecule has 0 fully saturated rings. The van der Waals surface area contributed by atoms with Gasteiger partial charge in [0.05, 0.1) is 0 Å². The van der Waals surface area contributed by atoms with Gasteiger partial charge in [0.25, 0.3) is 0 Å². The molecule has 0 aliphatic carbocycles. The zero-order valence-electron chi connectivity index (χ0n) is 25.8. The zero-order valence-corrected chi connectivity index (χ0v) is 25.8. The van der Waals surface area contributed by atoms with Crippen molar-refractivity contribution in [3.8, 4) is 0 Å². The molecule has 6 N–H and O–H groups in total. The molecule has 6 heteroatoms. The average Bonchev–Trinajstić information content (AvgIpc) is 3.81. The van der Waals surface area contributed by atoms with Crippen LogP contribution in [0, 0.1) is 0 Å². The van der Waals surface area contributed by atoms with Gasteiger partial charge in [-0.1, -0.05) is 72.8 Å². The van der Waals surface area contributed by atoms with E-state index in [0.29, 0.717) is 0 Å². The Kier molecular flexibility index (Phi) is 9.05. The molecule has 0 saturated carbocycles. The maximum absolute atomic E-state index is 3.70. The number of aromatic nitrogens is 3. The van der Waals surface area contributed by atoms with Crippen molar-refractivity contribution in [2.24, 2.45) is 0 Å². The summed E-state index contributed by atoms with van der Waals surface area (Å²) >= 11 is 0.